The monoisotopic (exact) mass is 357 g/mol. The third-order valence-electron chi connectivity index (χ3n) is 5.25. The van der Waals surface area contributed by atoms with E-state index in [4.69, 9.17) is 6.57 Å². The molecule has 1 fully saturated rings. The van der Waals surface area contributed by atoms with Crippen molar-refractivity contribution in [3.8, 4) is 22.5 Å². The van der Waals surface area contributed by atoms with E-state index in [9.17, 15) is 4.39 Å². The first kappa shape index (κ1) is 15.8. The van der Waals surface area contributed by atoms with Gasteiger partial charge in [-0.25, -0.2) is 18.8 Å². The lowest BCUT2D eigenvalue weighted by atomic mass is 9.92. The number of rotatable bonds is 3. The minimum Gasteiger partial charge on any atom is -0.362 e. The molecule has 132 valence electrons. The van der Waals surface area contributed by atoms with Crippen LogP contribution in [0.15, 0.2) is 55.1 Å². The van der Waals surface area contributed by atoms with E-state index in [2.05, 4.69) is 19.4 Å². The second kappa shape index (κ2) is 6.06. The van der Waals surface area contributed by atoms with Crippen LogP contribution < -0.4 is 0 Å². The predicted octanol–water partition coefficient (Wildman–Crippen LogP) is 5.28. The smallest absolute Gasteiger partial charge is 0.254 e. The van der Waals surface area contributed by atoms with Gasteiger partial charge in [0.2, 0.25) is 5.65 Å². The van der Waals surface area contributed by atoms with Crippen molar-refractivity contribution >= 4 is 11.5 Å². The molecule has 0 bridgehead atoms. The molecule has 0 radical (unpaired) electrons. The van der Waals surface area contributed by atoms with Gasteiger partial charge in [-0.2, -0.15) is 0 Å². The van der Waals surface area contributed by atoms with E-state index in [1.165, 1.54) is 18.6 Å². The summed E-state index contributed by atoms with van der Waals surface area (Å²) in [6.07, 6.45) is 8.88. The maximum atomic E-state index is 13.4. The number of pyridine rings is 1. The minimum absolute atomic E-state index is 0.264. The summed E-state index contributed by atoms with van der Waals surface area (Å²) in [6, 6.07) is 10.8. The Morgan fingerprint density at radius 1 is 1.04 bits per heavy atom. The highest BCUT2D eigenvalue weighted by Crippen LogP contribution is 2.39. The molecule has 5 rings (SSSR count). The van der Waals surface area contributed by atoms with Gasteiger partial charge in [0.15, 0.2) is 0 Å². The number of nitrogens with zero attached hydrogens (tertiary/aromatic N) is 5. The Bertz CT molecular complexity index is 1180. The fraction of sp³-hybridized carbons (Fsp3) is 0.190. The molecule has 0 N–H and O–H groups in total. The second-order valence-electron chi connectivity index (χ2n) is 6.81. The first-order valence-electron chi connectivity index (χ1n) is 8.92. The summed E-state index contributed by atoms with van der Waals surface area (Å²) >= 11 is 0. The van der Waals surface area contributed by atoms with E-state index in [0.717, 1.165) is 41.0 Å². The summed E-state index contributed by atoms with van der Waals surface area (Å²) in [5, 5.41) is 0. The van der Waals surface area contributed by atoms with E-state index >= 15 is 0 Å². The molecule has 0 spiro atoms. The highest BCUT2D eigenvalue weighted by atomic mass is 19.1. The molecule has 0 aliphatic heterocycles. The van der Waals surface area contributed by atoms with Crippen LogP contribution in [0, 0.1) is 12.4 Å². The topological polar surface area (TPSA) is 39.5 Å². The van der Waals surface area contributed by atoms with Crippen LogP contribution >= 0.6 is 0 Å². The second-order valence-corrected chi connectivity index (χ2v) is 6.81. The van der Waals surface area contributed by atoms with E-state index in [-0.39, 0.29) is 5.82 Å². The van der Waals surface area contributed by atoms with Crippen molar-refractivity contribution in [2.45, 2.75) is 25.3 Å². The summed E-state index contributed by atoms with van der Waals surface area (Å²) in [7, 11) is 0. The van der Waals surface area contributed by atoms with Crippen LogP contribution in [0.25, 0.3) is 33.0 Å². The van der Waals surface area contributed by atoms with Gasteiger partial charge >= 0.3 is 0 Å². The zero-order valence-corrected chi connectivity index (χ0v) is 14.5. The number of fused-ring (bicyclic) bond motifs is 1. The van der Waals surface area contributed by atoms with Crippen LogP contribution in [0.1, 0.15) is 25.3 Å². The van der Waals surface area contributed by atoms with E-state index < -0.39 is 0 Å². The molecule has 3 aromatic heterocycles. The van der Waals surface area contributed by atoms with Crippen LogP contribution in [0.3, 0.4) is 0 Å². The highest BCUT2D eigenvalue weighted by Gasteiger charge is 2.25. The normalized spacial score (nSPS) is 14.2. The Hall–Kier alpha value is -3.46. The highest BCUT2D eigenvalue weighted by molar-refractivity contribution is 5.79. The number of hydrogen-bond acceptors (Lipinski definition) is 2. The lowest BCUT2D eigenvalue weighted by Crippen LogP contribution is -2.17. The van der Waals surface area contributed by atoms with Gasteiger partial charge < -0.3 is 9.41 Å². The standard InChI is InChI=1S/C21H16FN5/c1-23-19-11-24-18-10-7-15(12-26(18)19)21-20(14-5-8-16(22)9-6-14)25-13-27(21)17-3-2-4-17/h5-13,17H,2-4H2. The van der Waals surface area contributed by atoms with Gasteiger partial charge in [-0.3, -0.25) is 0 Å². The third-order valence-corrected chi connectivity index (χ3v) is 5.25. The van der Waals surface area contributed by atoms with Crippen LogP contribution in [-0.4, -0.2) is 18.9 Å². The molecule has 27 heavy (non-hydrogen) atoms. The average Bonchev–Trinajstić information content (AvgIpc) is 3.24. The summed E-state index contributed by atoms with van der Waals surface area (Å²) < 4.78 is 17.4. The van der Waals surface area contributed by atoms with Gasteiger partial charge in [0.25, 0.3) is 5.82 Å². The summed E-state index contributed by atoms with van der Waals surface area (Å²) in [4.78, 5) is 12.5. The van der Waals surface area contributed by atoms with Crippen molar-refractivity contribution < 1.29 is 4.39 Å². The van der Waals surface area contributed by atoms with Gasteiger partial charge in [0.05, 0.1) is 30.1 Å². The third kappa shape index (κ3) is 2.51. The van der Waals surface area contributed by atoms with E-state index in [1.54, 1.807) is 22.7 Å². The first-order chi connectivity index (χ1) is 13.2. The van der Waals surface area contributed by atoms with Crippen molar-refractivity contribution in [3.63, 3.8) is 0 Å². The molecular weight excluding hydrogens is 341 g/mol. The molecule has 1 aliphatic rings. The molecular formula is C21H16FN5. The van der Waals surface area contributed by atoms with Gasteiger partial charge in [0, 0.05) is 23.2 Å². The molecule has 1 aromatic carbocycles. The van der Waals surface area contributed by atoms with Gasteiger partial charge in [-0.1, -0.05) is 6.57 Å². The number of aromatic nitrogens is 4. The molecule has 0 atom stereocenters. The minimum atomic E-state index is -0.264. The van der Waals surface area contributed by atoms with Crippen molar-refractivity contribution in [2.24, 2.45) is 0 Å². The molecule has 4 aromatic rings. The van der Waals surface area contributed by atoms with Gasteiger partial charge in [-0.15, -0.1) is 0 Å². The lowest BCUT2D eigenvalue weighted by molar-refractivity contribution is 0.316. The van der Waals surface area contributed by atoms with Crippen LogP contribution in [0.2, 0.25) is 0 Å². The molecule has 6 heteroatoms. The average molecular weight is 357 g/mol. The SMILES string of the molecule is [C-]#[N+]c1cnc2ccc(-c3c(-c4ccc(F)cc4)ncn3C3CCC3)cn12. The van der Waals surface area contributed by atoms with Crippen molar-refractivity contribution in [1.29, 1.82) is 0 Å². The van der Waals surface area contributed by atoms with Crippen LogP contribution in [0.5, 0.6) is 0 Å². The van der Waals surface area contributed by atoms with Gasteiger partial charge in [0.1, 0.15) is 5.82 Å². The first-order valence-corrected chi connectivity index (χ1v) is 8.92. The molecule has 0 unspecified atom stereocenters. The number of benzene rings is 1. The van der Waals surface area contributed by atoms with Crippen LogP contribution in [0.4, 0.5) is 10.2 Å². The molecule has 0 amide bonds. The Balaban J connectivity index is 1.73. The Kier molecular flexibility index (Phi) is 3.54. The lowest BCUT2D eigenvalue weighted by Gasteiger charge is -2.28. The molecule has 3 heterocycles. The summed E-state index contributed by atoms with van der Waals surface area (Å²) in [6.45, 7) is 7.34. The number of imidazole rings is 2. The molecule has 1 aliphatic carbocycles. The molecule has 1 saturated carbocycles. The zero-order valence-electron chi connectivity index (χ0n) is 14.5. The largest absolute Gasteiger partial charge is 0.362 e. The fourth-order valence-corrected chi connectivity index (χ4v) is 3.60. The maximum Gasteiger partial charge on any atom is 0.254 e. The predicted molar refractivity (Wildman–Crippen MR) is 101 cm³/mol. The zero-order chi connectivity index (χ0) is 18.4. The van der Waals surface area contributed by atoms with Crippen molar-refractivity contribution in [1.82, 2.24) is 18.9 Å². The van der Waals surface area contributed by atoms with Gasteiger partial charge in [-0.05, 0) is 49.6 Å². The van der Waals surface area contributed by atoms with Crippen LogP contribution in [-0.2, 0) is 0 Å². The quantitative estimate of drug-likeness (QED) is 0.468. The number of halogens is 1. The fourth-order valence-electron chi connectivity index (χ4n) is 3.60. The number of hydrogen-bond donors (Lipinski definition) is 0. The Morgan fingerprint density at radius 3 is 2.52 bits per heavy atom. The summed E-state index contributed by atoms with van der Waals surface area (Å²) in [5.41, 5.74) is 4.40. The molecule has 0 saturated heterocycles. The molecule has 5 nitrogen and oxygen atoms in total. The van der Waals surface area contributed by atoms with E-state index in [1.807, 2.05) is 24.7 Å². The van der Waals surface area contributed by atoms with Crippen molar-refractivity contribution in [2.75, 3.05) is 0 Å². The summed E-state index contributed by atoms with van der Waals surface area (Å²) in [5.74, 6) is 0.213. The van der Waals surface area contributed by atoms with E-state index in [0.29, 0.717) is 11.9 Å². The van der Waals surface area contributed by atoms with Crippen molar-refractivity contribution in [3.05, 3.63) is 72.4 Å². The maximum absolute atomic E-state index is 13.4. The Morgan fingerprint density at radius 2 is 1.81 bits per heavy atom. The Labute approximate surface area is 155 Å².